The summed E-state index contributed by atoms with van der Waals surface area (Å²) in [5, 5.41) is 8.04. The van der Waals surface area contributed by atoms with Gasteiger partial charge in [0, 0.05) is 30.4 Å². The molecule has 0 fully saturated rings. The van der Waals surface area contributed by atoms with Crippen LogP contribution in [0.1, 0.15) is 37.8 Å². The van der Waals surface area contributed by atoms with Crippen LogP contribution in [-0.4, -0.2) is 34.8 Å². The molecular weight excluding hydrogens is 338 g/mol. The predicted octanol–water partition coefficient (Wildman–Crippen LogP) is 4.72. The number of methoxy groups -OCH3 is 1. The van der Waals surface area contributed by atoms with E-state index in [2.05, 4.69) is 43.0 Å². The molecular formula is C21H29N5O. The fourth-order valence-corrected chi connectivity index (χ4v) is 3.39. The molecule has 27 heavy (non-hydrogen) atoms. The number of rotatable bonds is 8. The summed E-state index contributed by atoms with van der Waals surface area (Å²) in [5.74, 6) is 2.83. The molecule has 0 aliphatic rings. The minimum Gasteiger partial charge on any atom is -0.497 e. The zero-order chi connectivity index (χ0) is 19.4. The Balaban J connectivity index is 2.07. The molecule has 0 radical (unpaired) electrons. The summed E-state index contributed by atoms with van der Waals surface area (Å²) in [5.41, 5.74) is 4.09. The third-order valence-corrected chi connectivity index (χ3v) is 4.71. The van der Waals surface area contributed by atoms with Gasteiger partial charge in [-0.05, 0) is 50.5 Å². The second kappa shape index (κ2) is 8.29. The number of anilines is 3. The molecule has 0 aliphatic carbocycles. The number of fused-ring (bicyclic) bond motifs is 1. The number of nitrogens with one attached hydrogen (secondary N) is 1. The van der Waals surface area contributed by atoms with Gasteiger partial charge in [-0.1, -0.05) is 13.8 Å². The van der Waals surface area contributed by atoms with Crippen molar-refractivity contribution in [2.75, 3.05) is 30.4 Å². The van der Waals surface area contributed by atoms with Gasteiger partial charge in [0.2, 0.25) is 0 Å². The smallest absolute Gasteiger partial charge is 0.159 e. The van der Waals surface area contributed by atoms with Crippen molar-refractivity contribution in [3.05, 3.63) is 41.6 Å². The van der Waals surface area contributed by atoms with Gasteiger partial charge in [-0.15, -0.1) is 0 Å². The third-order valence-electron chi connectivity index (χ3n) is 4.71. The number of aromatic nitrogens is 3. The fourth-order valence-electron chi connectivity index (χ4n) is 3.39. The van der Waals surface area contributed by atoms with E-state index in [9.17, 15) is 0 Å². The quantitative estimate of drug-likeness (QED) is 0.624. The van der Waals surface area contributed by atoms with E-state index in [-0.39, 0.29) is 0 Å². The highest BCUT2D eigenvalue weighted by molar-refractivity contribution is 5.71. The van der Waals surface area contributed by atoms with Gasteiger partial charge in [0.15, 0.2) is 5.65 Å². The summed E-state index contributed by atoms with van der Waals surface area (Å²) >= 11 is 0. The number of ether oxygens (including phenoxy) is 1. The molecule has 1 N–H and O–H groups in total. The molecule has 0 bridgehead atoms. The standard InChI is InChI=1S/C21H29N5O/c1-6-12-25(13-7-2)21-16(4)20(24-19-10-11-22-26(19)21)23-18-9-8-17(27-5)14-15(18)3/h8-11,14H,6-7,12-13H2,1-5H3,(H,23,24). The Kier molecular flexibility index (Phi) is 5.84. The van der Waals surface area contributed by atoms with Gasteiger partial charge in [-0.3, -0.25) is 0 Å². The zero-order valence-corrected chi connectivity index (χ0v) is 16.9. The molecule has 3 rings (SSSR count). The summed E-state index contributed by atoms with van der Waals surface area (Å²) < 4.78 is 7.26. The maximum absolute atomic E-state index is 5.31. The number of aryl methyl sites for hydroxylation is 1. The van der Waals surface area contributed by atoms with Crippen molar-refractivity contribution in [2.24, 2.45) is 0 Å². The molecule has 0 saturated carbocycles. The minimum absolute atomic E-state index is 0.849. The van der Waals surface area contributed by atoms with E-state index in [1.165, 1.54) is 0 Å². The molecule has 0 unspecified atom stereocenters. The van der Waals surface area contributed by atoms with Crippen LogP contribution >= 0.6 is 0 Å². The summed E-state index contributed by atoms with van der Waals surface area (Å²) in [6.07, 6.45) is 3.99. The van der Waals surface area contributed by atoms with Gasteiger partial charge in [0.25, 0.3) is 0 Å². The molecule has 2 heterocycles. The predicted molar refractivity (Wildman–Crippen MR) is 112 cm³/mol. The Hall–Kier alpha value is -2.76. The molecule has 6 heteroatoms. The van der Waals surface area contributed by atoms with Crippen LogP contribution in [0.3, 0.4) is 0 Å². The van der Waals surface area contributed by atoms with E-state index in [1.807, 2.05) is 35.0 Å². The average Bonchev–Trinajstić information content (AvgIpc) is 3.11. The third kappa shape index (κ3) is 3.84. The molecule has 1 aromatic carbocycles. The number of hydrogen-bond donors (Lipinski definition) is 1. The fraction of sp³-hybridized carbons (Fsp3) is 0.429. The lowest BCUT2D eigenvalue weighted by atomic mass is 10.1. The van der Waals surface area contributed by atoms with Gasteiger partial charge in [0.1, 0.15) is 17.4 Å². The van der Waals surface area contributed by atoms with Crippen molar-refractivity contribution in [3.8, 4) is 5.75 Å². The molecule has 0 saturated heterocycles. The van der Waals surface area contributed by atoms with Crippen molar-refractivity contribution in [2.45, 2.75) is 40.5 Å². The highest BCUT2D eigenvalue weighted by Crippen LogP contribution is 2.31. The molecule has 0 aliphatic heterocycles. The first-order valence-corrected chi connectivity index (χ1v) is 9.60. The van der Waals surface area contributed by atoms with Gasteiger partial charge in [-0.2, -0.15) is 9.61 Å². The molecule has 0 amide bonds. The van der Waals surface area contributed by atoms with Gasteiger partial charge < -0.3 is 15.0 Å². The van der Waals surface area contributed by atoms with Crippen LogP contribution in [0.15, 0.2) is 30.5 Å². The maximum Gasteiger partial charge on any atom is 0.159 e. The first-order chi connectivity index (χ1) is 13.1. The lowest BCUT2D eigenvalue weighted by molar-refractivity contribution is 0.414. The van der Waals surface area contributed by atoms with Crippen molar-refractivity contribution in [3.63, 3.8) is 0 Å². The minimum atomic E-state index is 0.849. The molecule has 6 nitrogen and oxygen atoms in total. The van der Waals surface area contributed by atoms with E-state index in [1.54, 1.807) is 7.11 Å². The topological polar surface area (TPSA) is 54.7 Å². The van der Waals surface area contributed by atoms with Crippen molar-refractivity contribution in [1.82, 2.24) is 14.6 Å². The normalized spacial score (nSPS) is 11.0. The first-order valence-electron chi connectivity index (χ1n) is 9.60. The van der Waals surface area contributed by atoms with Crippen LogP contribution in [0.4, 0.5) is 17.3 Å². The molecule has 144 valence electrons. The zero-order valence-electron chi connectivity index (χ0n) is 16.9. The molecule has 0 spiro atoms. The van der Waals surface area contributed by atoms with E-state index in [0.29, 0.717) is 0 Å². The van der Waals surface area contributed by atoms with Gasteiger partial charge >= 0.3 is 0 Å². The SMILES string of the molecule is CCCN(CCC)c1c(C)c(Nc2ccc(OC)cc2C)nc2ccnn12. The van der Waals surface area contributed by atoms with Gasteiger partial charge in [0.05, 0.1) is 13.3 Å². The molecule has 2 aromatic heterocycles. The molecule has 0 atom stereocenters. The highest BCUT2D eigenvalue weighted by Gasteiger charge is 2.18. The average molecular weight is 367 g/mol. The van der Waals surface area contributed by atoms with Crippen LogP contribution in [0.25, 0.3) is 5.65 Å². The molecule has 3 aromatic rings. The second-order valence-corrected chi connectivity index (χ2v) is 6.80. The number of hydrogen-bond acceptors (Lipinski definition) is 5. The number of nitrogens with zero attached hydrogens (tertiary/aromatic N) is 4. The van der Waals surface area contributed by atoms with Crippen molar-refractivity contribution >= 4 is 23.0 Å². The second-order valence-electron chi connectivity index (χ2n) is 6.80. The largest absolute Gasteiger partial charge is 0.497 e. The summed E-state index contributed by atoms with van der Waals surface area (Å²) in [4.78, 5) is 7.21. The van der Waals surface area contributed by atoms with Crippen molar-refractivity contribution in [1.29, 1.82) is 0 Å². The van der Waals surface area contributed by atoms with Gasteiger partial charge in [-0.25, -0.2) is 4.98 Å². The van der Waals surface area contributed by atoms with Crippen LogP contribution in [0, 0.1) is 13.8 Å². The summed E-state index contributed by atoms with van der Waals surface area (Å²) in [6.45, 7) is 10.6. The Bertz CT molecular complexity index is 912. The highest BCUT2D eigenvalue weighted by atomic mass is 16.5. The van der Waals surface area contributed by atoms with Crippen molar-refractivity contribution < 1.29 is 4.74 Å². The van der Waals surface area contributed by atoms with E-state index < -0.39 is 0 Å². The Morgan fingerprint density at radius 3 is 2.48 bits per heavy atom. The van der Waals surface area contributed by atoms with Crippen LogP contribution < -0.4 is 15.0 Å². The van der Waals surface area contributed by atoms with E-state index in [4.69, 9.17) is 9.72 Å². The maximum atomic E-state index is 5.31. The number of benzene rings is 1. The lowest BCUT2D eigenvalue weighted by Crippen LogP contribution is -2.28. The Labute approximate surface area is 161 Å². The first kappa shape index (κ1) is 19.0. The van der Waals surface area contributed by atoms with Crippen LogP contribution in [0.5, 0.6) is 5.75 Å². The monoisotopic (exact) mass is 367 g/mol. The lowest BCUT2D eigenvalue weighted by Gasteiger charge is -2.27. The summed E-state index contributed by atoms with van der Waals surface area (Å²) in [6, 6.07) is 7.97. The Morgan fingerprint density at radius 2 is 1.85 bits per heavy atom. The Morgan fingerprint density at radius 1 is 1.11 bits per heavy atom. The van der Waals surface area contributed by atoms with E-state index in [0.717, 1.165) is 65.8 Å². The summed E-state index contributed by atoms with van der Waals surface area (Å²) in [7, 11) is 1.68. The van der Waals surface area contributed by atoms with E-state index >= 15 is 0 Å². The van der Waals surface area contributed by atoms with Crippen LogP contribution in [-0.2, 0) is 0 Å². The van der Waals surface area contributed by atoms with Crippen LogP contribution in [0.2, 0.25) is 0 Å².